The Morgan fingerprint density at radius 1 is 0.500 bits per heavy atom. The van der Waals surface area contributed by atoms with E-state index in [-0.39, 0.29) is 0 Å². The van der Waals surface area contributed by atoms with Crippen molar-refractivity contribution in [3.8, 4) is 0 Å². The molecule has 4 heteroatoms. The van der Waals surface area contributed by atoms with Gasteiger partial charge in [0, 0.05) is 0 Å². The highest BCUT2D eigenvalue weighted by atomic mass is 31.2. The maximum atomic E-state index is 8.68. The van der Waals surface area contributed by atoms with Gasteiger partial charge in [-0.15, -0.1) is 0 Å². The minimum absolute atomic E-state index is 0.474. The molecule has 2 N–H and O–H groups in total. The van der Waals surface area contributed by atoms with Crippen LogP contribution in [-0.2, 0) is 17.4 Å². The van der Waals surface area contributed by atoms with E-state index in [1.54, 1.807) is 0 Å². The van der Waals surface area contributed by atoms with Crippen molar-refractivity contribution in [2.45, 2.75) is 116 Å². The Morgan fingerprint density at radius 2 is 0.861 bits per heavy atom. The summed E-state index contributed by atoms with van der Waals surface area (Å²) in [5.74, 6) is 0.741. The summed E-state index contributed by atoms with van der Waals surface area (Å²) in [4.78, 5) is 17.4. The Labute approximate surface area is 222 Å². The SMILES string of the molecule is OP(O)OCCCCCCCCCCCCCCCCCC(Cc1ccccc1)Cc1ccccc1. The van der Waals surface area contributed by atoms with Crippen molar-refractivity contribution in [3.05, 3.63) is 71.8 Å². The van der Waals surface area contributed by atoms with Crippen molar-refractivity contribution in [2.24, 2.45) is 5.92 Å². The summed E-state index contributed by atoms with van der Waals surface area (Å²) in [5.41, 5.74) is 2.95. The van der Waals surface area contributed by atoms with Gasteiger partial charge in [0.1, 0.15) is 0 Å². The van der Waals surface area contributed by atoms with Crippen LogP contribution in [0.4, 0.5) is 0 Å². The molecule has 0 radical (unpaired) electrons. The van der Waals surface area contributed by atoms with Gasteiger partial charge in [-0.25, -0.2) is 0 Å². The summed E-state index contributed by atoms with van der Waals surface area (Å²) in [5, 5.41) is 0. The highest BCUT2D eigenvalue weighted by Gasteiger charge is 2.11. The van der Waals surface area contributed by atoms with Crippen LogP contribution in [0.2, 0.25) is 0 Å². The van der Waals surface area contributed by atoms with Crippen LogP contribution in [0.15, 0.2) is 60.7 Å². The first-order valence-corrected chi connectivity index (χ1v) is 15.8. The topological polar surface area (TPSA) is 49.7 Å². The second-order valence-electron chi connectivity index (χ2n) is 10.4. The molecule has 3 nitrogen and oxygen atoms in total. The summed E-state index contributed by atoms with van der Waals surface area (Å²) in [6.45, 7) is 0.474. The van der Waals surface area contributed by atoms with E-state index in [9.17, 15) is 0 Å². The zero-order valence-electron chi connectivity index (χ0n) is 22.5. The molecule has 0 aliphatic heterocycles. The third kappa shape index (κ3) is 17.2. The van der Waals surface area contributed by atoms with Gasteiger partial charge in [0.2, 0.25) is 0 Å². The molecule has 0 fully saturated rings. The van der Waals surface area contributed by atoms with Crippen LogP contribution in [0.25, 0.3) is 0 Å². The fraction of sp³-hybridized carbons (Fsp3) is 0.625. The van der Waals surface area contributed by atoms with Gasteiger partial charge in [-0.3, -0.25) is 0 Å². The monoisotopic (exact) mass is 514 g/mol. The minimum Gasteiger partial charge on any atom is -0.328 e. The Balaban J connectivity index is 1.41. The lowest BCUT2D eigenvalue weighted by molar-refractivity contribution is 0.248. The van der Waals surface area contributed by atoms with Gasteiger partial charge >= 0.3 is 8.60 Å². The summed E-state index contributed by atoms with van der Waals surface area (Å²) in [6, 6.07) is 22.0. The fourth-order valence-corrected chi connectivity index (χ4v) is 5.44. The third-order valence-corrected chi connectivity index (χ3v) is 7.61. The third-order valence-electron chi connectivity index (χ3n) is 7.20. The zero-order chi connectivity index (χ0) is 25.5. The summed E-state index contributed by atoms with van der Waals surface area (Å²) < 4.78 is 4.79. The molecule has 0 unspecified atom stereocenters. The van der Waals surface area contributed by atoms with Crippen molar-refractivity contribution in [2.75, 3.05) is 6.61 Å². The molecule has 2 aromatic carbocycles. The first-order valence-electron chi connectivity index (χ1n) is 14.6. The highest BCUT2D eigenvalue weighted by molar-refractivity contribution is 7.39. The lowest BCUT2D eigenvalue weighted by Gasteiger charge is -2.17. The maximum Gasteiger partial charge on any atom is 0.327 e. The second kappa shape index (κ2) is 21.8. The quantitative estimate of drug-likeness (QED) is 0.115. The van der Waals surface area contributed by atoms with E-state index in [0.29, 0.717) is 6.61 Å². The van der Waals surface area contributed by atoms with Crippen LogP contribution in [0.5, 0.6) is 0 Å². The predicted molar refractivity (Wildman–Crippen MR) is 155 cm³/mol. The normalized spacial score (nSPS) is 11.6. The molecule has 0 bridgehead atoms. The van der Waals surface area contributed by atoms with Crippen LogP contribution in [0, 0.1) is 5.92 Å². The molecular weight excluding hydrogens is 463 g/mol. The van der Waals surface area contributed by atoms with Crippen LogP contribution < -0.4 is 0 Å². The van der Waals surface area contributed by atoms with Gasteiger partial charge in [0.25, 0.3) is 0 Å². The molecular formula is C32H51O3P. The van der Waals surface area contributed by atoms with Crippen molar-refractivity contribution < 1.29 is 14.3 Å². The van der Waals surface area contributed by atoms with E-state index in [1.165, 1.54) is 114 Å². The van der Waals surface area contributed by atoms with Crippen LogP contribution in [0.1, 0.15) is 114 Å². The molecule has 36 heavy (non-hydrogen) atoms. The van der Waals surface area contributed by atoms with Crippen molar-refractivity contribution >= 4 is 8.60 Å². The number of unbranched alkanes of at least 4 members (excludes halogenated alkanes) is 14. The molecule has 0 atom stereocenters. The van der Waals surface area contributed by atoms with E-state index in [0.717, 1.165) is 18.8 Å². The number of hydrogen-bond acceptors (Lipinski definition) is 3. The fourth-order valence-electron chi connectivity index (χ4n) is 5.15. The standard InChI is InChI=1S/C32H51O3P/c33-36(34)35-27-21-13-11-9-7-5-3-1-2-4-6-8-10-12-16-26-32(28-30-22-17-14-18-23-30)29-31-24-19-15-20-25-31/h14-15,17-20,22-25,32-34H,1-13,16,21,26-29H2. The Kier molecular flexibility index (Phi) is 18.8. The van der Waals surface area contributed by atoms with Gasteiger partial charge < -0.3 is 14.3 Å². The van der Waals surface area contributed by atoms with Crippen LogP contribution >= 0.6 is 8.60 Å². The molecule has 0 spiro atoms. The van der Waals surface area contributed by atoms with E-state index in [4.69, 9.17) is 14.3 Å². The molecule has 0 heterocycles. The lowest BCUT2D eigenvalue weighted by Crippen LogP contribution is -2.08. The second-order valence-corrected chi connectivity index (χ2v) is 11.2. The smallest absolute Gasteiger partial charge is 0.327 e. The zero-order valence-corrected chi connectivity index (χ0v) is 23.4. The van der Waals surface area contributed by atoms with Gasteiger partial charge in [-0.05, 0) is 42.7 Å². The van der Waals surface area contributed by atoms with Gasteiger partial charge in [-0.1, -0.05) is 151 Å². The molecule has 2 aromatic rings. The minimum atomic E-state index is -2.16. The lowest BCUT2D eigenvalue weighted by atomic mass is 9.88. The maximum absolute atomic E-state index is 8.68. The number of hydrogen-bond donors (Lipinski definition) is 2. The van der Waals surface area contributed by atoms with E-state index in [1.807, 2.05) is 0 Å². The van der Waals surface area contributed by atoms with Crippen molar-refractivity contribution in [1.82, 2.24) is 0 Å². The molecule has 202 valence electrons. The van der Waals surface area contributed by atoms with Crippen molar-refractivity contribution in [1.29, 1.82) is 0 Å². The first-order chi connectivity index (χ1) is 17.7. The van der Waals surface area contributed by atoms with Crippen LogP contribution in [0.3, 0.4) is 0 Å². The molecule has 0 saturated carbocycles. The largest absolute Gasteiger partial charge is 0.328 e. The molecule has 0 amide bonds. The summed E-state index contributed by atoms with van der Waals surface area (Å²) in [6.07, 6.45) is 23.6. The number of benzene rings is 2. The van der Waals surface area contributed by atoms with Gasteiger partial charge in [-0.2, -0.15) is 0 Å². The molecule has 0 aliphatic carbocycles. The predicted octanol–water partition coefficient (Wildman–Crippen LogP) is 9.56. The van der Waals surface area contributed by atoms with E-state index >= 15 is 0 Å². The number of rotatable bonds is 23. The first kappa shape index (κ1) is 31.0. The highest BCUT2D eigenvalue weighted by Crippen LogP contribution is 2.25. The van der Waals surface area contributed by atoms with Crippen molar-refractivity contribution in [3.63, 3.8) is 0 Å². The Hall–Kier alpha value is -1.25. The molecule has 0 aromatic heterocycles. The molecule has 0 aliphatic rings. The molecule has 2 rings (SSSR count). The van der Waals surface area contributed by atoms with E-state index < -0.39 is 8.60 Å². The van der Waals surface area contributed by atoms with Crippen LogP contribution in [-0.4, -0.2) is 16.4 Å². The average molecular weight is 515 g/mol. The Morgan fingerprint density at radius 3 is 1.25 bits per heavy atom. The Bertz CT molecular complexity index is 681. The summed E-state index contributed by atoms with van der Waals surface area (Å²) >= 11 is 0. The van der Waals surface area contributed by atoms with Gasteiger partial charge in [0.15, 0.2) is 0 Å². The van der Waals surface area contributed by atoms with Gasteiger partial charge in [0.05, 0.1) is 6.61 Å². The summed E-state index contributed by atoms with van der Waals surface area (Å²) in [7, 11) is -2.16. The van der Waals surface area contributed by atoms with E-state index in [2.05, 4.69) is 60.7 Å². The molecule has 0 saturated heterocycles. The average Bonchev–Trinajstić information content (AvgIpc) is 2.89.